The van der Waals surface area contributed by atoms with Gasteiger partial charge in [0.1, 0.15) is 24.8 Å². The Balaban J connectivity index is 1.99. The highest BCUT2D eigenvalue weighted by atomic mass is 31.1. The predicted molar refractivity (Wildman–Crippen MR) is 99.4 cm³/mol. The van der Waals surface area contributed by atoms with Crippen molar-refractivity contribution in [2.45, 2.75) is 38.7 Å². The summed E-state index contributed by atoms with van der Waals surface area (Å²) in [5, 5.41) is 9.96. The molecule has 0 fully saturated rings. The monoisotopic (exact) mass is 396 g/mol. The third kappa shape index (κ3) is 6.41. The van der Waals surface area contributed by atoms with Crippen molar-refractivity contribution in [3.05, 3.63) is 53.1 Å². The highest BCUT2D eigenvalue weighted by Gasteiger charge is 2.29. The van der Waals surface area contributed by atoms with Crippen molar-refractivity contribution < 1.29 is 23.5 Å². The topological polar surface area (TPSA) is 126 Å². The summed E-state index contributed by atoms with van der Waals surface area (Å²) in [6.07, 6.45) is -0.560. The molecule has 0 aliphatic rings. The number of para-hydroxylation sites is 1. The molecule has 2 rings (SSSR count). The van der Waals surface area contributed by atoms with E-state index in [0.717, 1.165) is 0 Å². The fourth-order valence-corrected chi connectivity index (χ4v) is 2.84. The Morgan fingerprint density at radius 2 is 2.00 bits per heavy atom. The second-order valence-corrected chi connectivity index (χ2v) is 6.63. The summed E-state index contributed by atoms with van der Waals surface area (Å²) in [6, 6.07) is 10.1. The fourth-order valence-electron chi connectivity index (χ4n) is 2.23. The zero-order valence-corrected chi connectivity index (χ0v) is 16.0. The van der Waals surface area contributed by atoms with Gasteiger partial charge in [0, 0.05) is 10.8 Å². The largest absolute Gasteiger partial charge is 0.750 e. The minimum Gasteiger partial charge on any atom is -0.391 e. The van der Waals surface area contributed by atoms with Gasteiger partial charge in [-0.15, -0.1) is 4.52 Å². The number of rotatable bonds is 10. The Labute approximate surface area is 157 Å². The Kier molecular flexibility index (Phi) is 7.87. The van der Waals surface area contributed by atoms with Gasteiger partial charge in [-0.3, -0.25) is 4.57 Å². The van der Waals surface area contributed by atoms with Gasteiger partial charge < -0.3 is 15.6 Å². The van der Waals surface area contributed by atoms with Crippen molar-refractivity contribution in [3.63, 3.8) is 0 Å². The van der Waals surface area contributed by atoms with Crippen molar-refractivity contribution in [3.8, 4) is 5.75 Å². The maximum atomic E-state index is 12.0. The van der Waals surface area contributed by atoms with Crippen molar-refractivity contribution in [2.75, 3.05) is 12.3 Å². The number of nitrogens with two attached hydrogens (primary N) is 1. The van der Waals surface area contributed by atoms with Crippen LogP contribution in [0.25, 0.3) is 0 Å². The Morgan fingerprint density at radius 3 is 2.59 bits per heavy atom. The van der Waals surface area contributed by atoms with Crippen LogP contribution in [0.15, 0.2) is 47.4 Å². The first kappa shape index (κ1) is 21.0. The normalized spacial score (nSPS) is 15.0. The summed E-state index contributed by atoms with van der Waals surface area (Å²) in [7, 11) is -2.45. The second-order valence-electron chi connectivity index (χ2n) is 5.74. The summed E-state index contributed by atoms with van der Waals surface area (Å²) in [4.78, 5) is 15.7. The molecular weight excluding hydrogens is 373 g/mol. The number of hydrogen-bond donors (Lipinski definition) is 2. The first-order chi connectivity index (χ1) is 12.9. The molecule has 0 saturated carbocycles. The Hall–Kier alpha value is -2.32. The predicted octanol–water partition coefficient (Wildman–Crippen LogP) is 2.25. The molecular formula is C17H23N3O6P+. The van der Waals surface area contributed by atoms with E-state index in [1.807, 2.05) is 6.92 Å². The van der Waals surface area contributed by atoms with Gasteiger partial charge in [-0.05, 0) is 31.5 Å². The fraction of sp³-hybridized carbons (Fsp3) is 0.412. The molecule has 27 heavy (non-hydrogen) atoms. The van der Waals surface area contributed by atoms with Gasteiger partial charge >= 0.3 is 13.9 Å². The molecule has 9 nitrogen and oxygen atoms in total. The third-order valence-corrected chi connectivity index (χ3v) is 4.37. The number of ether oxygens (including phenoxy) is 1. The molecule has 1 heterocycles. The molecule has 146 valence electrons. The third-order valence-electron chi connectivity index (χ3n) is 3.65. The highest BCUT2D eigenvalue weighted by molar-refractivity contribution is 7.33. The first-order valence-electron chi connectivity index (χ1n) is 8.42. The van der Waals surface area contributed by atoms with Crippen molar-refractivity contribution >= 4 is 14.1 Å². The van der Waals surface area contributed by atoms with E-state index in [0.29, 0.717) is 12.2 Å². The number of aliphatic hydroxyl groups excluding tert-OH is 1. The molecule has 0 bridgehead atoms. The minimum atomic E-state index is -2.45. The maximum Gasteiger partial charge on any atom is 0.750 e. The molecule has 10 heteroatoms. The quantitative estimate of drug-likeness (QED) is 0.586. The van der Waals surface area contributed by atoms with Crippen LogP contribution in [0.3, 0.4) is 0 Å². The maximum absolute atomic E-state index is 12.0. The van der Waals surface area contributed by atoms with Gasteiger partial charge in [-0.2, -0.15) is 4.98 Å². The molecule has 0 aliphatic carbocycles. The summed E-state index contributed by atoms with van der Waals surface area (Å²) in [6.45, 7) is 3.13. The van der Waals surface area contributed by atoms with Crippen molar-refractivity contribution in [1.82, 2.24) is 9.55 Å². The molecule has 1 aromatic carbocycles. The molecule has 0 aliphatic heterocycles. The van der Waals surface area contributed by atoms with Crippen LogP contribution in [0.1, 0.15) is 26.5 Å². The SMILES string of the molecule is CCC(OC(CO[P+](=O)Oc1ccccc1)[C@H](C)O)n1ccc(N)nc1=O. The van der Waals surface area contributed by atoms with Gasteiger partial charge in [-0.25, -0.2) is 9.32 Å². The van der Waals surface area contributed by atoms with Crippen LogP contribution in [0, 0.1) is 0 Å². The lowest BCUT2D eigenvalue weighted by molar-refractivity contribution is -0.117. The van der Waals surface area contributed by atoms with Crippen LogP contribution in [0.4, 0.5) is 5.82 Å². The summed E-state index contributed by atoms with van der Waals surface area (Å²) in [5.41, 5.74) is 4.93. The highest BCUT2D eigenvalue weighted by Crippen LogP contribution is 2.28. The second kappa shape index (κ2) is 10.1. The average Bonchev–Trinajstić information content (AvgIpc) is 2.63. The lowest BCUT2D eigenvalue weighted by Crippen LogP contribution is -2.36. The standard InChI is InChI=1S/C17H22N3O6P/c1-3-16(20-10-9-15(18)19-17(20)22)25-14(12(2)21)11-24-27(23)26-13-7-5-4-6-8-13/h4-10,12,14,16,21H,3,11H2,1-2H3,(H-,18,19,22)/p+1/t12-,14?,16?/m0/s1. The number of benzene rings is 1. The van der Waals surface area contributed by atoms with E-state index in [4.69, 9.17) is 19.5 Å². The van der Waals surface area contributed by atoms with Crippen LogP contribution in [0.2, 0.25) is 0 Å². The number of aromatic nitrogens is 2. The molecule has 0 saturated heterocycles. The van der Waals surface area contributed by atoms with Gasteiger partial charge in [0.15, 0.2) is 5.75 Å². The van der Waals surface area contributed by atoms with Gasteiger partial charge in [-0.1, -0.05) is 25.1 Å². The van der Waals surface area contributed by atoms with Gasteiger partial charge in [0.25, 0.3) is 0 Å². The molecule has 3 N–H and O–H groups in total. The zero-order valence-electron chi connectivity index (χ0n) is 15.1. The van der Waals surface area contributed by atoms with E-state index in [2.05, 4.69) is 4.98 Å². The number of hydrogen-bond acceptors (Lipinski definition) is 8. The minimum absolute atomic E-state index is 0.108. The number of nitrogen functional groups attached to an aromatic ring is 1. The van der Waals surface area contributed by atoms with Crippen molar-refractivity contribution in [1.29, 1.82) is 0 Å². The smallest absolute Gasteiger partial charge is 0.391 e. The summed E-state index contributed by atoms with van der Waals surface area (Å²) in [5.74, 6) is 0.510. The molecule has 0 radical (unpaired) electrons. The zero-order chi connectivity index (χ0) is 19.8. The van der Waals surface area contributed by atoms with E-state index in [1.54, 1.807) is 30.3 Å². The van der Waals surface area contributed by atoms with E-state index in [9.17, 15) is 14.5 Å². The van der Waals surface area contributed by atoms with Crippen LogP contribution < -0.4 is 15.9 Å². The number of aliphatic hydroxyl groups is 1. The van der Waals surface area contributed by atoms with E-state index in [-0.39, 0.29) is 12.4 Å². The molecule has 1 aromatic heterocycles. The number of anilines is 1. The molecule has 3 unspecified atom stereocenters. The Bertz CT molecular complexity index is 799. The molecule has 2 aromatic rings. The van der Waals surface area contributed by atoms with Crippen LogP contribution in [-0.2, 0) is 13.8 Å². The van der Waals surface area contributed by atoms with Gasteiger partial charge in [0.2, 0.25) is 0 Å². The Morgan fingerprint density at radius 1 is 1.30 bits per heavy atom. The first-order valence-corrected chi connectivity index (χ1v) is 9.51. The number of nitrogens with zero attached hydrogens (tertiary/aromatic N) is 2. The van der Waals surface area contributed by atoms with Crippen LogP contribution in [-0.4, -0.2) is 33.5 Å². The summed E-state index contributed by atoms with van der Waals surface area (Å²) < 4.78 is 29.3. The molecule has 0 amide bonds. The molecule has 4 atom stereocenters. The van der Waals surface area contributed by atoms with E-state index < -0.39 is 32.4 Å². The lowest BCUT2D eigenvalue weighted by atomic mass is 10.2. The molecule has 0 spiro atoms. The average molecular weight is 396 g/mol. The van der Waals surface area contributed by atoms with Crippen LogP contribution >= 0.6 is 8.25 Å². The van der Waals surface area contributed by atoms with Crippen molar-refractivity contribution in [2.24, 2.45) is 0 Å². The van der Waals surface area contributed by atoms with Gasteiger partial charge in [0.05, 0.1) is 6.10 Å². The lowest BCUT2D eigenvalue weighted by Gasteiger charge is -2.25. The summed E-state index contributed by atoms with van der Waals surface area (Å²) >= 11 is 0. The van der Waals surface area contributed by atoms with E-state index >= 15 is 0 Å². The van der Waals surface area contributed by atoms with E-state index in [1.165, 1.54) is 23.8 Å². The van der Waals surface area contributed by atoms with Crippen LogP contribution in [0.5, 0.6) is 5.75 Å².